The number of rotatable bonds is 8. The van der Waals surface area contributed by atoms with E-state index in [-0.39, 0.29) is 18.1 Å². The summed E-state index contributed by atoms with van der Waals surface area (Å²) in [4.78, 5) is 16.5. The van der Waals surface area contributed by atoms with Gasteiger partial charge in [-0.25, -0.2) is 0 Å². The predicted octanol–water partition coefficient (Wildman–Crippen LogP) is 4.13. The molecule has 8 heteroatoms. The number of ketones is 1. The maximum Gasteiger partial charge on any atom is 0.280 e. The van der Waals surface area contributed by atoms with Gasteiger partial charge in [-0.1, -0.05) is 64.9 Å². The van der Waals surface area contributed by atoms with Crippen molar-refractivity contribution in [1.29, 1.82) is 0 Å². The number of nitrogens with zero attached hydrogens (tertiary/aromatic N) is 3. The summed E-state index contributed by atoms with van der Waals surface area (Å²) in [7, 11) is 0. The maximum atomic E-state index is 12.1. The van der Waals surface area contributed by atoms with E-state index in [4.69, 9.17) is 9.05 Å². The first-order valence-electron chi connectivity index (χ1n) is 10.3. The van der Waals surface area contributed by atoms with Crippen molar-refractivity contribution >= 4 is 5.78 Å². The van der Waals surface area contributed by atoms with Crippen LogP contribution in [-0.4, -0.2) is 37.4 Å². The number of aromatic nitrogens is 3. The minimum atomic E-state index is -1.24. The number of aliphatic hydroxyl groups excluding tert-OH is 2. The second kappa shape index (κ2) is 9.25. The molecule has 0 aliphatic heterocycles. The average molecular weight is 433 g/mol. The third kappa shape index (κ3) is 4.51. The second-order valence-corrected chi connectivity index (χ2v) is 7.65. The molecule has 0 spiro atoms. The van der Waals surface area contributed by atoms with Crippen LogP contribution in [0.15, 0.2) is 63.6 Å². The van der Waals surface area contributed by atoms with Gasteiger partial charge >= 0.3 is 0 Å². The second-order valence-electron chi connectivity index (χ2n) is 7.65. The van der Waals surface area contributed by atoms with Gasteiger partial charge in [0.1, 0.15) is 6.10 Å². The van der Waals surface area contributed by atoms with Gasteiger partial charge in [0.05, 0.1) is 6.10 Å². The highest BCUT2D eigenvalue weighted by atomic mass is 16.5. The van der Waals surface area contributed by atoms with Crippen molar-refractivity contribution in [2.24, 2.45) is 0 Å². The molecule has 0 fully saturated rings. The Morgan fingerprint density at radius 3 is 2.38 bits per heavy atom. The van der Waals surface area contributed by atoms with Crippen molar-refractivity contribution in [2.45, 2.75) is 38.9 Å². The van der Waals surface area contributed by atoms with Crippen LogP contribution in [0.3, 0.4) is 0 Å². The summed E-state index contributed by atoms with van der Waals surface area (Å²) in [5.74, 6) is 0.890. The molecule has 0 aliphatic rings. The van der Waals surface area contributed by atoms with Gasteiger partial charge in [-0.3, -0.25) is 4.79 Å². The first-order chi connectivity index (χ1) is 15.4. The molecule has 0 radical (unpaired) electrons. The number of carbonyl (C=O) groups is 1. The molecule has 2 aromatic heterocycles. The lowest BCUT2D eigenvalue weighted by atomic mass is 10.00. The molecule has 0 saturated carbocycles. The topological polar surface area (TPSA) is 122 Å². The van der Waals surface area contributed by atoms with Crippen LogP contribution < -0.4 is 0 Å². The number of benzene rings is 2. The van der Waals surface area contributed by atoms with E-state index >= 15 is 0 Å². The summed E-state index contributed by atoms with van der Waals surface area (Å²) in [6.07, 6.45) is -1.40. The molecule has 0 saturated heterocycles. The van der Waals surface area contributed by atoms with E-state index in [2.05, 4.69) is 15.3 Å². The van der Waals surface area contributed by atoms with Crippen LogP contribution in [0.5, 0.6) is 0 Å². The lowest BCUT2D eigenvalue weighted by molar-refractivity contribution is -0.127. The normalized spacial score (nSPS) is 13.1. The van der Waals surface area contributed by atoms with E-state index in [1.807, 2.05) is 37.3 Å². The van der Waals surface area contributed by atoms with Crippen LogP contribution in [-0.2, 0) is 4.79 Å². The van der Waals surface area contributed by atoms with Gasteiger partial charge in [0.15, 0.2) is 17.2 Å². The van der Waals surface area contributed by atoms with E-state index in [0.29, 0.717) is 34.8 Å². The fraction of sp³-hybridized carbons (Fsp3) is 0.250. The largest absolute Gasteiger partial charge is 0.393 e. The van der Waals surface area contributed by atoms with Gasteiger partial charge in [0, 0.05) is 23.1 Å². The molecule has 2 aromatic carbocycles. The molecular weight excluding hydrogens is 410 g/mol. The maximum absolute atomic E-state index is 12.1. The minimum absolute atomic E-state index is 0.108. The van der Waals surface area contributed by atoms with Crippen LogP contribution in [0.2, 0.25) is 0 Å². The van der Waals surface area contributed by atoms with E-state index in [1.165, 1.54) is 0 Å². The molecule has 4 aromatic rings. The summed E-state index contributed by atoms with van der Waals surface area (Å²) in [5, 5.41) is 27.7. The Labute approximate surface area is 184 Å². The lowest BCUT2D eigenvalue weighted by Gasteiger charge is -2.11. The molecule has 4 rings (SSSR count). The third-order valence-electron chi connectivity index (χ3n) is 5.19. The summed E-state index contributed by atoms with van der Waals surface area (Å²) in [6.45, 7) is 3.49. The Bertz CT molecular complexity index is 1200. The minimum Gasteiger partial charge on any atom is -0.393 e. The van der Waals surface area contributed by atoms with Crippen LogP contribution in [0.25, 0.3) is 34.3 Å². The average Bonchev–Trinajstić information content (AvgIpc) is 3.44. The molecule has 2 atom stereocenters. The first-order valence-corrected chi connectivity index (χ1v) is 10.3. The number of aliphatic hydroxyl groups is 2. The SMILES string of the molecule is Cc1c(-c2nc(-c3ccc(C(O)C(=O)CC[C@H](C)O)cc3)no2)noc1-c1ccccc1. The number of Topliss-reactive ketones (excluding diaryl/α,β-unsaturated/α-hetero) is 1. The van der Waals surface area contributed by atoms with E-state index < -0.39 is 12.2 Å². The van der Waals surface area contributed by atoms with Gasteiger partial charge in [-0.15, -0.1) is 0 Å². The Balaban J connectivity index is 1.51. The Kier molecular flexibility index (Phi) is 6.25. The molecule has 0 aliphatic carbocycles. The zero-order valence-electron chi connectivity index (χ0n) is 17.7. The van der Waals surface area contributed by atoms with Crippen molar-refractivity contribution in [2.75, 3.05) is 0 Å². The van der Waals surface area contributed by atoms with Gasteiger partial charge in [-0.05, 0) is 25.8 Å². The summed E-state index contributed by atoms with van der Waals surface area (Å²) in [6, 6.07) is 16.3. The molecule has 2 N–H and O–H groups in total. The quantitative estimate of drug-likeness (QED) is 0.425. The summed E-state index contributed by atoms with van der Waals surface area (Å²) >= 11 is 0. The Hall–Kier alpha value is -3.62. The zero-order chi connectivity index (χ0) is 22.7. The third-order valence-corrected chi connectivity index (χ3v) is 5.19. The smallest absolute Gasteiger partial charge is 0.280 e. The Morgan fingerprint density at radius 1 is 0.969 bits per heavy atom. The van der Waals surface area contributed by atoms with E-state index in [9.17, 15) is 15.0 Å². The monoisotopic (exact) mass is 433 g/mol. The van der Waals surface area contributed by atoms with Crippen LogP contribution in [0, 0.1) is 6.92 Å². The lowest BCUT2D eigenvalue weighted by Crippen LogP contribution is -2.14. The molecule has 8 nitrogen and oxygen atoms in total. The molecule has 0 amide bonds. The predicted molar refractivity (Wildman–Crippen MR) is 116 cm³/mol. The molecular formula is C24H23N3O5. The van der Waals surface area contributed by atoms with E-state index in [0.717, 1.165) is 11.1 Å². The zero-order valence-corrected chi connectivity index (χ0v) is 17.7. The van der Waals surface area contributed by atoms with Crippen LogP contribution in [0.4, 0.5) is 0 Å². The molecule has 2 heterocycles. The van der Waals surface area contributed by atoms with Gasteiger partial charge in [0.2, 0.25) is 5.82 Å². The van der Waals surface area contributed by atoms with Crippen molar-refractivity contribution in [3.05, 3.63) is 65.7 Å². The number of carbonyl (C=O) groups excluding carboxylic acids is 1. The first kappa shape index (κ1) is 21.6. The van der Waals surface area contributed by atoms with Crippen molar-refractivity contribution in [1.82, 2.24) is 15.3 Å². The summed E-state index contributed by atoms with van der Waals surface area (Å²) in [5.41, 5.74) is 3.30. The van der Waals surface area contributed by atoms with Crippen LogP contribution in [0.1, 0.15) is 37.0 Å². The van der Waals surface area contributed by atoms with Crippen molar-refractivity contribution < 1.29 is 24.1 Å². The Morgan fingerprint density at radius 2 is 1.69 bits per heavy atom. The number of hydrogen-bond acceptors (Lipinski definition) is 8. The number of hydrogen-bond donors (Lipinski definition) is 2. The highest BCUT2D eigenvalue weighted by Gasteiger charge is 2.22. The van der Waals surface area contributed by atoms with Crippen molar-refractivity contribution in [3.8, 4) is 34.3 Å². The van der Waals surface area contributed by atoms with E-state index in [1.54, 1.807) is 31.2 Å². The molecule has 1 unspecified atom stereocenters. The van der Waals surface area contributed by atoms with Crippen molar-refractivity contribution in [3.63, 3.8) is 0 Å². The highest BCUT2D eigenvalue weighted by molar-refractivity contribution is 5.84. The van der Waals surface area contributed by atoms with Crippen LogP contribution >= 0.6 is 0 Å². The summed E-state index contributed by atoms with van der Waals surface area (Å²) < 4.78 is 10.9. The highest BCUT2D eigenvalue weighted by Crippen LogP contribution is 2.31. The van der Waals surface area contributed by atoms with Gasteiger partial charge in [-0.2, -0.15) is 4.98 Å². The molecule has 164 valence electrons. The standard InChI is InChI=1S/C24H23N3O5/c1-14(28)8-13-19(29)21(30)16-9-11-18(12-10-16)23-25-24(32-27-23)20-15(2)22(31-26-20)17-6-4-3-5-7-17/h3-7,9-12,14,21,28,30H,8,13H2,1-2H3/t14-,21?/m0/s1. The fourth-order valence-corrected chi connectivity index (χ4v) is 3.32. The molecule has 32 heavy (non-hydrogen) atoms. The fourth-order valence-electron chi connectivity index (χ4n) is 3.32. The molecule has 0 bridgehead atoms. The van der Waals surface area contributed by atoms with Gasteiger partial charge < -0.3 is 19.3 Å². The van der Waals surface area contributed by atoms with Gasteiger partial charge in [0.25, 0.3) is 5.89 Å².